The summed E-state index contributed by atoms with van der Waals surface area (Å²) >= 11 is 2.15. The van der Waals surface area contributed by atoms with Gasteiger partial charge in [-0.15, -0.1) is 0 Å². The van der Waals surface area contributed by atoms with Crippen molar-refractivity contribution in [3.8, 4) is 5.75 Å². The first kappa shape index (κ1) is 24.7. The summed E-state index contributed by atoms with van der Waals surface area (Å²) in [5, 5.41) is 12.0. The number of halogens is 1. The molecule has 0 unspecified atom stereocenters. The summed E-state index contributed by atoms with van der Waals surface area (Å²) in [6.07, 6.45) is 9.31. The second kappa shape index (κ2) is 11.4. The SMILES string of the molecule is COc1ccc2ncc(C)c([C@H](F)CCC3(CO)CCN(CCSC4CCCC4)CC3)c2c1. The van der Waals surface area contributed by atoms with Crippen LogP contribution in [0, 0.1) is 12.3 Å². The highest BCUT2D eigenvalue weighted by molar-refractivity contribution is 7.99. The summed E-state index contributed by atoms with van der Waals surface area (Å²) in [7, 11) is 1.63. The molecule has 0 amide bonds. The van der Waals surface area contributed by atoms with Gasteiger partial charge in [-0.25, -0.2) is 4.39 Å². The molecule has 1 saturated heterocycles. The zero-order valence-corrected chi connectivity index (χ0v) is 21.0. The number of ether oxygens (including phenoxy) is 1. The molecule has 1 atom stereocenters. The Morgan fingerprint density at radius 1 is 1.27 bits per heavy atom. The van der Waals surface area contributed by atoms with Crippen molar-refractivity contribution in [2.75, 3.05) is 39.1 Å². The standard InChI is InChI=1S/C27H39FN2O2S/c1-20-18-29-25-8-7-21(32-2)17-23(25)26(20)24(28)9-10-27(19-31)11-13-30(14-12-27)15-16-33-22-5-3-4-6-22/h7-8,17-18,22,24,31H,3-6,9-16,19H2,1-2H3/t24-/m1/s1. The van der Waals surface area contributed by atoms with Crippen molar-refractivity contribution in [2.24, 2.45) is 5.41 Å². The number of aryl methyl sites for hydroxylation is 1. The largest absolute Gasteiger partial charge is 0.497 e. The Balaban J connectivity index is 1.33. The monoisotopic (exact) mass is 474 g/mol. The Morgan fingerprint density at radius 2 is 2.03 bits per heavy atom. The number of aromatic nitrogens is 1. The molecule has 4 rings (SSSR count). The van der Waals surface area contributed by atoms with Crippen molar-refractivity contribution in [2.45, 2.75) is 69.7 Å². The van der Waals surface area contributed by atoms with Gasteiger partial charge in [0.25, 0.3) is 0 Å². The second-order valence-corrected chi connectivity index (χ2v) is 11.4. The van der Waals surface area contributed by atoms with Crippen LogP contribution in [0.25, 0.3) is 10.9 Å². The van der Waals surface area contributed by atoms with Crippen molar-refractivity contribution in [1.29, 1.82) is 0 Å². The first-order valence-corrected chi connectivity index (χ1v) is 13.6. The number of pyridine rings is 1. The molecule has 2 aromatic rings. The quantitative estimate of drug-likeness (QED) is 0.451. The van der Waals surface area contributed by atoms with Crippen molar-refractivity contribution in [3.05, 3.63) is 35.5 Å². The van der Waals surface area contributed by atoms with E-state index in [1.807, 2.05) is 25.1 Å². The van der Waals surface area contributed by atoms with Gasteiger partial charge in [-0.2, -0.15) is 11.8 Å². The summed E-state index contributed by atoms with van der Waals surface area (Å²) in [5.74, 6) is 1.93. The lowest BCUT2D eigenvalue weighted by molar-refractivity contribution is 0.0322. The molecule has 0 bridgehead atoms. The first-order chi connectivity index (χ1) is 16.0. The number of aliphatic hydroxyl groups is 1. The Bertz CT molecular complexity index is 910. The molecule has 2 aliphatic rings. The summed E-state index contributed by atoms with van der Waals surface area (Å²) in [6, 6.07) is 5.64. The van der Waals surface area contributed by atoms with Gasteiger partial charge in [0.1, 0.15) is 11.9 Å². The minimum absolute atomic E-state index is 0.147. The van der Waals surface area contributed by atoms with E-state index < -0.39 is 6.17 Å². The molecule has 1 aromatic carbocycles. The molecule has 2 fully saturated rings. The lowest BCUT2D eigenvalue weighted by Crippen LogP contribution is -2.43. The zero-order valence-electron chi connectivity index (χ0n) is 20.2. The molecule has 1 aromatic heterocycles. The summed E-state index contributed by atoms with van der Waals surface area (Å²) in [6.45, 7) is 5.23. The average Bonchev–Trinajstić information content (AvgIpc) is 3.36. The fraction of sp³-hybridized carbons (Fsp3) is 0.667. The number of benzene rings is 1. The molecule has 4 nitrogen and oxygen atoms in total. The van der Waals surface area contributed by atoms with E-state index in [0.717, 1.165) is 54.2 Å². The number of aliphatic hydroxyl groups excluding tert-OH is 1. The summed E-state index contributed by atoms with van der Waals surface area (Å²) < 4.78 is 21.0. The van der Waals surface area contributed by atoms with Gasteiger partial charge in [-0.1, -0.05) is 12.8 Å². The fourth-order valence-corrected chi connectivity index (χ4v) is 6.92. The van der Waals surface area contributed by atoms with E-state index in [-0.39, 0.29) is 12.0 Å². The molecular formula is C27H39FN2O2S. The average molecular weight is 475 g/mol. The van der Waals surface area contributed by atoms with E-state index in [1.165, 1.54) is 31.4 Å². The number of rotatable bonds is 10. The van der Waals surface area contributed by atoms with Crippen LogP contribution >= 0.6 is 11.8 Å². The second-order valence-electron chi connectivity index (χ2n) is 10.0. The topological polar surface area (TPSA) is 45.6 Å². The maximum atomic E-state index is 15.7. The van der Waals surface area contributed by atoms with Gasteiger partial charge < -0.3 is 14.7 Å². The van der Waals surface area contributed by atoms with Crippen LogP contribution in [-0.4, -0.2) is 59.3 Å². The maximum absolute atomic E-state index is 15.7. The number of hydrogen-bond donors (Lipinski definition) is 1. The molecule has 1 N–H and O–H groups in total. The van der Waals surface area contributed by atoms with Crippen LogP contribution in [0.1, 0.15) is 68.7 Å². The molecule has 1 saturated carbocycles. The number of thioether (sulfide) groups is 1. The molecule has 33 heavy (non-hydrogen) atoms. The Hall–Kier alpha value is -1.37. The number of fused-ring (bicyclic) bond motifs is 1. The highest BCUT2D eigenvalue weighted by atomic mass is 32.2. The predicted molar refractivity (Wildman–Crippen MR) is 136 cm³/mol. The van der Waals surface area contributed by atoms with E-state index in [9.17, 15) is 5.11 Å². The van der Waals surface area contributed by atoms with E-state index in [2.05, 4.69) is 21.6 Å². The number of nitrogens with zero attached hydrogens (tertiary/aromatic N) is 2. The zero-order chi connectivity index (χ0) is 23.3. The van der Waals surface area contributed by atoms with Gasteiger partial charge in [-0.05, 0) is 93.3 Å². The Labute approximate surface area is 202 Å². The van der Waals surface area contributed by atoms with Crippen molar-refractivity contribution in [1.82, 2.24) is 9.88 Å². The number of hydrogen-bond acceptors (Lipinski definition) is 5. The number of piperidine rings is 1. The molecule has 0 spiro atoms. The van der Waals surface area contributed by atoms with Crippen LogP contribution in [0.3, 0.4) is 0 Å². The van der Waals surface area contributed by atoms with Gasteiger partial charge in [-0.3, -0.25) is 4.98 Å². The minimum Gasteiger partial charge on any atom is -0.497 e. The molecule has 0 radical (unpaired) electrons. The number of likely N-dealkylation sites (tertiary alicyclic amines) is 1. The predicted octanol–water partition coefficient (Wildman–Crippen LogP) is 6.09. The molecule has 6 heteroatoms. The summed E-state index contributed by atoms with van der Waals surface area (Å²) in [4.78, 5) is 7.00. The Kier molecular flexibility index (Phi) is 8.53. The van der Waals surface area contributed by atoms with Crippen molar-refractivity contribution in [3.63, 3.8) is 0 Å². The van der Waals surface area contributed by atoms with Crippen LogP contribution in [0.2, 0.25) is 0 Å². The van der Waals surface area contributed by atoms with Crippen LogP contribution in [-0.2, 0) is 0 Å². The molecule has 2 heterocycles. The first-order valence-electron chi connectivity index (χ1n) is 12.6. The maximum Gasteiger partial charge on any atom is 0.126 e. The van der Waals surface area contributed by atoms with Crippen LogP contribution < -0.4 is 4.74 Å². The van der Waals surface area contributed by atoms with E-state index in [1.54, 1.807) is 13.3 Å². The lowest BCUT2D eigenvalue weighted by atomic mass is 9.74. The molecule has 1 aliphatic heterocycles. The van der Waals surface area contributed by atoms with E-state index in [4.69, 9.17) is 4.74 Å². The fourth-order valence-electron chi connectivity index (χ4n) is 5.55. The van der Waals surface area contributed by atoms with Crippen LogP contribution in [0.5, 0.6) is 5.75 Å². The van der Waals surface area contributed by atoms with Gasteiger partial charge in [0, 0.05) is 35.7 Å². The van der Waals surface area contributed by atoms with Crippen LogP contribution in [0.15, 0.2) is 24.4 Å². The number of methoxy groups -OCH3 is 1. The Morgan fingerprint density at radius 3 is 2.73 bits per heavy atom. The molecule has 182 valence electrons. The summed E-state index contributed by atoms with van der Waals surface area (Å²) in [5.41, 5.74) is 2.22. The van der Waals surface area contributed by atoms with Crippen molar-refractivity contribution >= 4 is 22.7 Å². The molecular weight excluding hydrogens is 435 g/mol. The van der Waals surface area contributed by atoms with Gasteiger partial charge >= 0.3 is 0 Å². The minimum atomic E-state index is -1.08. The van der Waals surface area contributed by atoms with Gasteiger partial charge in [0.15, 0.2) is 0 Å². The third-order valence-electron chi connectivity index (χ3n) is 7.87. The highest BCUT2D eigenvalue weighted by Gasteiger charge is 2.35. The van der Waals surface area contributed by atoms with E-state index in [0.29, 0.717) is 24.2 Å². The normalized spacial score (nSPS) is 20.4. The molecule has 1 aliphatic carbocycles. The number of alkyl halides is 1. The lowest BCUT2D eigenvalue weighted by Gasteiger charge is -2.41. The highest BCUT2D eigenvalue weighted by Crippen LogP contribution is 2.41. The van der Waals surface area contributed by atoms with Gasteiger partial charge in [0.2, 0.25) is 0 Å². The van der Waals surface area contributed by atoms with Gasteiger partial charge in [0.05, 0.1) is 12.6 Å². The smallest absolute Gasteiger partial charge is 0.126 e. The third-order valence-corrected chi connectivity index (χ3v) is 9.23. The third kappa shape index (κ3) is 6.01. The van der Waals surface area contributed by atoms with Crippen molar-refractivity contribution < 1.29 is 14.2 Å². The van der Waals surface area contributed by atoms with Crippen LogP contribution in [0.4, 0.5) is 4.39 Å². The van der Waals surface area contributed by atoms with E-state index >= 15 is 4.39 Å².